The number of aliphatic hydroxyl groups is 2. The second kappa shape index (κ2) is 9.02. The van der Waals surface area contributed by atoms with Crippen LogP contribution in [0.25, 0.3) is 0 Å². The number of hydrogen-bond donors (Lipinski definition) is 2. The van der Waals surface area contributed by atoms with Crippen molar-refractivity contribution in [3.8, 4) is 0 Å². The van der Waals surface area contributed by atoms with Crippen LogP contribution in [0.1, 0.15) is 27.7 Å². The molecule has 7 heteroatoms. The SMILES string of the molecule is CCOP(=O)(CN(CC(C)O)CC(C)O)OCC. The van der Waals surface area contributed by atoms with Gasteiger partial charge in [-0.2, -0.15) is 0 Å². The van der Waals surface area contributed by atoms with Gasteiger partial charge < -0.3 is 19.3 Å². The molecule has 2 N–H and O–H groups in total. The van der Waals surface area contributed by atoms with Crippen LogP contribution in [-0.4, -0.2) is 59.9 Å². The topological polar surface area (TPSA) is 79.2 Å². The summed E-state index contributed by atoms with van der Waals surface area (Å²) in [6.45, 7) is 8.01. The van der Waals surface area contributed by atoms with Crippen LogP contribution < -0.4 is 0 Å². The first-order chi connectivity index (χ1) is 8.33. The average molecular weight is 283 g/mol. The molecule has 0 aromatic carbocycles. The third-order valence-corrected chi connectivity index (χ3v) is 4.12. The highest BCUT2D eigenvalue weighted by Crippen LogP contribution is 2.48. The molecule has 0 saturated carbocycles. The molecular weight excluding hydrogens is 257 g/mol. The summed E-state index contributed by atoms with van der Waals surface area (Å²) in [6.07, 6.45) is -1.06. The fourth-order valence-electron chi connectivity index (χ4n) is 1.69. The molecule has 6 nitrogen and oxygen atoms in total. The fourth-order valence-corrected chi connectivity index (χ4v) is 3.44. The third kappa shape index (κ3) is 8.19. The van der Waals surface area contributed by atoms with E-state index in [2.05, 4.69) is 0 Å². The molecule has 0 heterocycles. The van der Waals surface area contributed by atoms with E-state index < -0.39 is 19.8 Å². The molecule has 0 fully saturated rings. The minimum absolute atomic E-state index is 0.0739. The number of aliphatic hydroxyl groups excluding tert-OH is 2. The highest BCUT2D eigenvalue weighted by molar-refractivity contribution is 7.53. The van der Waals surface area contributed by atoms with E-state index in [4.69, 9.17) is 9.05 Å². The molecule has 110 valence electrons. The van der Waals surface area contributed by atoms with Crippen molar-refractivity contribution in [1.82, 2.24) is 4.90 Å². The Bertz CT molecular complexity index is 240. The lowest BCUT2D eigenvalue weighted by Gasteiger charge is -2.28. The predicted octanol–water partition coefficient (Wildman–Crippen LogP) is 1.27. The molecule has 0 aliphatic heterocycles. The zero-order chi connectivity index (χ0) is 14.2. The normalized spacial score (nSPS) is 15.9. The van der Waals surface area contributed by atoms with Gasteiger partial charge in [-0.3, -0.25) is 9.46 Å². The van der Waals surface area contributed by atoms with Gasteiger partial charge in [0.2, 0.25) is 0 Å². The van der Waals surface area contributed by atoms with Crippen LogP contribution >= 0.6 is 7.60 Å². The standard InChI is InChI=1S/C11H26NO5P/c1-5-16-18(15,17-6-2)9-12(7-10(3)13)8-11(4)14/h10-11,13-14H,5-9H2,1-4H3. The molecule has 18 heavy (non-hydrogen) atoms. The van der Waals surface area contributed by atoms with E-state index in [0.29, 0.717) is 26.3 Å². The minimum atomic E-state index is -3.18. The summed E-state index contributed by atoms with van der Waals surface area (Å²) in [5.41, 5.74) is 0. The molecule has 0 radical (unpaired) electrons. The first-order valence-electron chi connectivity index (χ1n) is 6.29. The second-order valence-electron chi connectivity index (χ2n) is 4.32. The van der Waals surface area contributed by atoms with Crippen LogP contribution in [0.3, 0.4) is 0 Å². The lowest BCUT2D eigenvalue weighted by molar-refractivity contribution is 0.0873. The molecule has 0 rings (SSSR count). The van der Waals surface area contributed by atoms with Crippen molar-refractivity contribution in [3.63, 3.8) is 0 Å². The van der Waals surface area contributed by atoms with Gasteiger partial charge in [-0.1, -0.05) is 0 Å². The van der Waals surface area contributed by atoms with Gasteiger partial charge in [0.25, 0.3) is 0 Å². The van der Waals surface area contributed by atoms with Crippen molar-refractivity contribution >= 4 is 7.60 Å². The summed E-state index contributed by atoms with van der Waals surface area (Å²) in [5, 5.41) is 18.8. The first-order valence-corrected chi connectivity index (χ1v) is 8.02. The molecular formula is C11H26NO5P. The van der Waals surface area contributed by atoms with Gasteiger partial charge in [0.15, 0.2) is 0 Å². The van der Waals surface area contributed by atoms with Crippen molar-refractivity contribution in [2.24, 2.45) is 0 Å². The van der Waals surface area contributed by atoms with Gasteiger partial charge in [-0.15, -0.1) is 0 Å². The third-order valence-electron chi connectivity index (χ3n) is 2.07. The lowest BCUT2D eigenvalue weighted by Crippen LogP contribution is -2.37. The first kappa shape index (κ1) is 18.0. The molecule has 0 aromatic rings. The fraction of sp³-hybridized carbons (Fsp3) is 1.00. The van der Waals surface area contributed by atoms with Gasteiger partial charge in [-0.25, -0.2) is 0 Å². The van der Waals surface area contributed by atoms with Crippen LogP contribution in [0.15, 0.2) is 0 Å². The molecule has 0 bridgehead atoms. The van der Waals surface area contributed by atoms with Gasteiger partial charge in [0, 0.05) is 13.1 Å². The maximum atomic E-state index is 12.3. The summed E-state index contributed by atoms with van der Waals surface area (Å²) in [5.74, 6) is 0. The minimum Gasteiger partial charge on any atom is -0.392 e. The predicted molar refractivity (Wildman–Crippen MR) is 70.7 cm³/mol. The van der Waals surface area contributed by atoms with Crippen molar-refractivity contribution in [1.29, 1.82) is 0 Å². The molecule has 2 unspecified atom stereocenters. The quantitative estimate of drug-likeness (QED) is 0.588. The molecule has 0 amide bonds. The van der Waals surface area contributed by atoms with Crippen molar-refractivity contribution < 1.29 is 23.8 Å². The summed E-state index contributed by atoms with van der Waals surface area (Å²) in [7, 11) is -3.18. The molecule has 0 saturated heterocycles. The highest BCUT2D eigenvalue weighted by atomic mass is 31.2. The number of hydrogen-bond acceptors (Lipinski definition) is 6. The molecule has 0 aromatic heterocycles. The largest absolute Gasteiger partial charge is 0.392 e. The van der Waals surface area contributed by atoms with Crippen LogP contribution in [0, 0.1) is 0 Å². The molecule has 2 atom stereocenters. The summed E-state index contributed by atoms with van der Waals surface area (Å²) < 4.78 is 22.7. The smallest absolute Gasteiger partial charge is 0.344 e. The summed E-state index contributed by atoms with van der Waals surface area (Å²) >= 11 is 0. The Morgan fingerprint density at radius 3 is 1.72 bits per heavy atom. The van der Waals surface area contributed by atoms with E-state index in [-0.39, 0.29) is 6.29 Å². The molecule has 0 aliphatic rings. The van der Waals surface area contributed by atoms with Crippen molar-refractivity contribution in [2.75, 3.05) is 32.6 Å². The van der Waals surface area contributed by atoms with Crippen molar-refractivity contribution in [3.05, 3.63) is 0 Å². The Hall–Kier alpha value is 0.0300. The van der Waals surface area contributed by atoms with Crippen molar-refractivity contribution in [2.45, 2.75) is 39.9 Å². The molecule has 0 aliphatic carbocycles. The zero-order valence-electron chi connectivity index (χ0n) is 11.7. The Kier molecular flexibility index (Phi) is 9.03. The Balaban J connectivity index is 4.62. The van der Waals surface area contributed by atoms with E-state index in [1.807, 2.05) is 0 Å². The Morgan fingerprint density at radius 1 is 1.06 bits per heavy atom. The maximum Gasteiger partial charge on any atom is 0.344 e. The Morgan fingerprint density at radius 2 is 1.44 bits per heavy atom. The van der Waals surface area contributed by atoms with E-state index in [9.17, 15) is 14.8 Å². The number of rotatable bonds is 10. The monoisotopic (exact) mass is 283 g/mol. The summed E-state index contributed by atoms with van der Waals surface area (Å²) in [4.78, 5) is 1.70. The van der Waals surface area contributed by atoms with Gasteiger partial charge in [0.05, 0.1) is 25.4 Å². The second-order valence-corrected chi connectivity index (χ2v) is 6.34. The van der Waals surface area contributed by atoms with Crippen LogP contribution in [0.5, 0.6) is 0 Å². The zero-order valence-corrected chi connectivity index (χ0v) is 12.6. The van der Waals surface area contributed by atoms with Crippen LogP contribution in [0.4, 0.5) is 0 Å². The van der Waals surface area contributed by atoms with E-state index in [0.717, 1.165) is 0 Å². The Labute approximate surface area is 109 Å². The average Bonchev–Trinajstić information content (AvgIpc) is 2.14. The van der Waals surface area contributed by atoms with Crippen LogP contribution in [0.2, 0.25) is 0 Å². The van der Waals surface area contributed by atoms with E-state index >= 15 is 0 Å². The van der Waals surface area contributed by atoms with E-state index in [1.54, 1.807) is 32.6 Å². The van der Waals surface area contributed by atoms with Gasteiger partial charge in [0.1, 0.15) is 6.29 Å². The van der Waals surface area contributed by atoms with Crippen LogP contribution in [-0.2, 0) is 13.6 Å². The highest BCUT2D eigenvalue weighted by Gasteiger charge is 2.28. The maximum absolute atomic E-state index is 12.3. The summed E-state index contributed by atoms with van der Waals surface area (Å²) in [6, 6.07) is 0. The van der Waals surface area contributed by atoms with Gasteiger partial charge in [-0.05, 0) is 27.7 Å². The van der Waals surface area contributed by atoms with E-state index in [1.165, 1.54) is 0 Å². The lowest BCUT2D eigenvalue weighted by atomic mass is 10.3. The molecule has 0 spiro atoms. The van der Waals surface area contributed by atoms with Gasteiger partial charge >= 0.3 is 7.60 Å². The number of nitrogens with zero attached hydrogens (tertiary/aromatic N) is 1.